The van der Waals surface area contributed by atoms with Crippen LogP contribution in [-0.4, -0.2) is 32.6 Å². The van der Waals surface area contributed by atoms with Crippen molar-refractivity contribution in [2.45, 2.75) is 13.1 Å². The minimum Gasteiger partial charge on any atom is -0.358 e. The summed E-state index contributed by atoms with van der Waals surface area (Å²) >= 11 is 12.0. The molecule has 0 N–H and O–H groups in total. The van der Waals surface area contributed by atoms with E-state index in [9.17, 15) is 14.9 Å². The zero-order valence-corrected chi connectivity index (χ0v) is 13.1. The van der Waals surface area contributed by atoms with Crippen molar-refractivity contribution in [1.29, 1.82) is 0 Å². The van der Waals surface area contributed by atoms with Gasteiger partial charge in [0.1, 0.15) is 6.54 Å². The number of likely N-dealkylation sites (N-methyl/N-ethyl adjacent to an activating group) is 1. The summed E-state index contributed by atoms with van der Waals surface area (Å²) < 4.78 is 1.22. The molecule has 1 heterocycles. The van der Waals surface area contributed by atoms with Gasteiger partial charge in [-0.05, 0) is 16.6 Å². The van der Waals surface area contributed by atoms with E-state index in [1.54, 1.807) is 25.2 Å². The minimum absolute atomic E-state index is 0.0947. The standard InChI is InChI=1S/C13H12Cl2N4O3/c1-17(7-9-3-2-4-10(14)13(9)15)12(20)8-18-6-5-11(16-18)19(21)22/h2-6H,7-8H2,1H3. The smallest absolute Gasteiger partial charge is 0.358 e. The van der Waals surface area contributed by atoms with E-state index in [2.05, 4.69) is 5.10 Å². The molecule has 0 aliphatic carbocycles. The van der Waals surface area contributed by atoms with Gasteiger partial charge in [0.05, 0.1) is 27.4 Å². The Morgan fingerprint density at radius 3 is 2.77 bits per heavy atom. The second-order valence-corrected chi connectivity index (χ2v) is 5.38. The van der Waals surface area contributed by atoms with Crippen molar-refractivity contribution in [1.82, 2.24) is 14.7 Å². The molecule has 0 fully saturated rings. The van der Waals surface area contributed by atoms with Crippen LogP contribution >= 0.6 is 23.2 Å². The van der Waals surface area contributed by atoms with Crippen LogP contribution in [0.1, 0.15) is 5.56 Å². The van der Waals surface area contributed by atoms with Gasteiger partial charge in [0, 0.05) is 13.6 Å². The van der Waals surface area contributed by atoms with E-state index in [1.165, 1.54) is 21.8 Å². The van der Waals surface area contributed by atoms with Gasteiger partial charge in [0.25, 0.3) is 0 Å². The summed E-state index contributed by atoms with van der Waals surface area (Å²) in [4.78, 5) is 23.5. The van der Waals surface area contributed by atoms with Gasteiger partial charge in [-0.25, -0.2) is 0 Å². The van der Waals surface area contributed by atoms with Crippen molar-refractivity contribution in [3.05, 3.63) is 56.2 Å². The topological polar surface area (TPSA) is 81.3 Å². The summed E-state index contributed by atoms with van der Waals surface area (Å²) in [5.74, 6) is -0.553. The van der Waals surface area contributed by atoms with E-state index < -0.39 is 4.92 Å². The third-order valence-corrected chi connectivity index (χ3v) is 3.83. The van der Waals surface area contributed by atoms with E-state index >= 15 is 0 Å². The van der Waals surface area contributed by atoms with E-state index in [0.717, 1.165) is 5.56 Å². The van der Waals surface area contributed by atoms with Crippen LogP contribution in [0.2, 0.25) is 10.0 Å². The molecule has 0 aliphatic rings. The molecule has 0 aliphatic heterocycles. The van der Waals surface area contributed by atoms with Crippen molar-refractivity contribution in [2.75, 3.05) is 7.05 Å². The van der Waals surface area contributed by atoms with Crippen LogP contribution < -0.4 is 0 Å². The van der Waals surface area contributed by atoms with Crippen molar-refractivity contribution in [2.24, 2.45) is 0 Å². The highest BCUT2D eigenvalue weighted by molar-refractivity contribution is 6.42. The number of rotatable bonds is 5. The molecule has 2 rings (SSSR count). The average molecular weight is 343 g/mol. The van der Waals surface area contributed by atoms with E-state index in [4.69, 9.17) is 23.2 Å². The first kappa shape index (κ1) is 16.3. The summed E-state index contributed by atoms with van der Waals surface area (Å²) in [6.45, 7) is 0.185. The van der Waals surface area contributed by atoms with Gasteiger partial charge in [-0.2, -0.15) is 4.68 Å². The zero-order valence-electron chi connectivity index (χ0n) is 11.6. The van der Waals surface area contributed by atoms with Crippen LogP contribution in [0.4, 0.5) is 5.82 Å². The van der Waals surface area contributed by atoms with Crippen LogP contribution in [0, 0.1) is 10.1 Å². The second-order valence-electron chi connectivity index (χ2n) is 4.59. The number of amides is 1. The third kappa shape index (κ3) is 3.75. The SMILES string of the molecule is CN(Cc1cccc(Cl)c1Cl)C(=O)Cn1ccc([N+](=O)[O-])n1. The summed E-state index contributed by atoms with van der Waals surface area (Å²) in [5, 5.41) is 15.1. The van der Waals surface area contributed by atoms with Crippen LogP contribution in [0.3, 0.4) is 0 Å². The Kier molecular flexibility index (Phi) is 4.99. The number of nitrogens with zero attached hydrogens (tertiary/aromatic N) is 4. The highest BCUT2D eigenvalue weighted by Gasteiger charge is 2.17. The molecule has 22 heavy (non-hydrogen) atoms. The predicted octanol–water partition coefficient (Wildman–Crippen LogP) is 2.76. The zero-order chi connectivity index (χ0) is 16.3. The molecule has 1 amide bonds. The van der Waals surface area contributed by atoms with Gasteiger partial charge in [-0.1, -0.05) is 35.3 Å². The lowest BCUT2D eigenvalue weighted by atomic mass is 10.2. The van der Waals surface area contributed by atoms with Crippen LogP contribution in [0.15, 0.2) is 30.5 Å². The van der Waals surface area contributed by atoms with Gasteiger partial charge in [0.15, 0.2) is 0 Å². The van der Waals surface area contributed by atoms with Gasteiger partial charge in [-0.3, -0.25) is 4.79 Å². The lowest BCUT2D eigenvalue weighted by Crippen LogP contribution is -2.30. The number of carbonyl (C=O) groups excluding carboxylic acids is 1. The number of hydrogen-bond acceptors (Lipinski definition) is 4. The lowest BCUT2D eigenvalue weighted by Gasteiger charge is -2.17. The number of aromatic nitrogens is 2. The first-order valence-corrected chi connectivity index (χ1v) is 6.98. The van der Waals surface area contributed by atoms with Gasteiger partial charge in [-0.15, -0.1) is 0 Å². The monoisotopic (exact) mass is 342 g/mol. The highest BCUT2D eigenvalue weighted by Crippen LogP contribution is 2.26. The molecule has 9 heteroatoms. The number of carbonyl (C=O) groups is 1. The molecule has 1 aromatic heterocycles. The Bertz CT molecular complexity index is 717. The molecule has 7 nitrogen and oxygen atoms in total. The van der Waals surface area contributed by atoms with E-state index in [1.807, 2.05) is 0 Å². The third-order valence-electron chi connectivity index (χ3n) is 2.98. The fourth-order valence-corrected chi connectivity index (χ4v) is 2.19. The Balaban J connectivity index is 2.02. The maximum atomic E-state index is 12.1. The second kappa shape index (κ2) is 6.76. The van der Waals surface area contributed by atoms with Gasteiger partial charge < -0.3 is 15.0 Å². The van der Waals surface area contributed by atoms with Crippen molar-refractivity contribution < 1.29 is 9.72 Å². The Morgan fingerprint density at radius 1 is 1.41 bits per heavy atom. The molecule has 0 atom stereocenters. The van der Waals surface area contributed by atoms with Gasteiger partial charge >= 0.3 is 5.82 Å². The quantitative estimate of drug-likeness (QED) is 0.617. The minimum atomic E-state index is -0.615. The summed E-state index contributed by atoms with van der Waals surface area (Å²) in [5.41, 5.74) is 0.719. The lowest BCUT2D eigenvalue weighted by molar-refractivity contribution is -0.389. The molecule has 1 aromatic carbocycles. The Labute approximate surface area is 136 Å². The first-order chi connectivity index (χ1) is 10.4. The molecule has 0 bridgehead atoms. The fraction of sp³-hybridized carbons (Fsp3) is 0.231. The van der Waals surface area contributed by atoms with Crippen molar-refractivity contribution in [3.63, 3.8) is 0 Å². The Hall–Kier alpha value is -2.12. The van der Waals surface area contributed by atoms with E-state index in [0.29, 0.717) is 10.0 Å². The number of nitro groups is 1. The highest BCUT2D eigenvalue weighted by atomic mass is 35.5. The van der Waals surface area contributed by atoms with Crippen LogP contribution in [0.25, 0.3) is 0 Å². The Morgan fingerprint density at radius 2 is 2.14 bits per heavy atom. The van der Waals surface area contributed by atoms with Crippen LogP contribution in [0.5, 0.6) is 0 Å². The maximum absolute atomic E-state index is 12.1. The molecular formula is C13H12Cl2N4O3. The normalized spacial score (nSPS) is 10.5. The molecule has 116 valence electrons. The van der Waals surface area contributed by atoms with E-state index in [-0.39, 0.29) is 24.8 Å². The number of benzene rings is 1. The largest absolute Gasteiger partial charge is 0.389 e. The average Bonchev–Trinajstić information content (AvgIpc) is 2.92. The first-order valence-electron chi connectivity index (χ1n) is 6.23. The summed E-state index contributed by atoms with van der Waals surface area (Å²) in [7, 11) is 1.61. The molecule has 0 unspecified atom stereocenters. The summed E-state index contributed by atoms with van der Waals surface area (Å²) in [6, 6.07) is 6.43. The molecule has 0 saturated carbocycles. The molecule has 2 aromatic rings. The predicted molar refractivity (Wildman–Crippen MR) is 81.8 cm³/mol. The van der Waals surface area contributed by atoms with Crippen molar-refractivity contribution >= 4 is 34.9 Å². The maximum Gasteiger partial charge on any atom is 0.389 e. The molecular weight excluding hydrogens is 331 g/mol. The van der Waals surface area contributed by atoms with Crippen LogP contribution in [-0.2, 0) is 17.9 Å². The summed E-state index contributed by atoms with van der Waals surface area (Å²) in [6.07, 6.45) is 1.39. The number of halogens is 2. The fourth-order valence-electron chi connectivity index (χ4n) is 1.81. The molecule has 0 saturated heterocycles. The number of hydrogen-bond donors (Lipinski definition) is 0. The molecule has 0 radical (unpaired) electrons. The molecule has 0 spiro atoms. The van der Waals surface area contributed by atoms with Crippen molar-refractivity contribution in [3.8, 4) is 0 Å². The van der Waals surface area contributed by atoms with Gasteiger partial charge in [0.2, 0.25) is 5.91 Å².